The molecule has 2 aliphatic heterocycles. The molecule has 0 radical (unpaired) electrons. The molecule has 1 saturated carbocycles. The normalized spacial score (nSPS) is 46.9. The molecule has 1 aliphatic carbocycles. The zero-order chi connectivity index (χ0) is 10.4. The number of fused-ring (bicyclic) bond motifs is 2. The maximum atomic E-state index is 12.0. The van der Waals surface area contributed by atoms with Crippen molar-refractivity contribution < 1.29 is 4.79 Å². The predicted octanol–water partition coefficient (Wildman–Crippen LogP) is 1.04. The Morgan fingerprint density at radius 2 is 2.27 bits per heavy atom. The van der Waals surface area contributed by atoms with E-state index in [-0.39, 0.29) is 5.92 Å². The second kappa shape index (κ2) is 3.48. The maximum absolute atomic E-state index is 12.0. The van der Waals surface area contributed by atoms with Gasteiger partial charge >= 0.3 is 0 Å². The molecule has 2 N–H and O–H groups in total. The SMILES string of the molecule is CCC1CC1NC(=O)C1CC2CCC1N2. The third-order valence-electron chi connectivity index (χ3n) is 4.41. The molecule has 84 valence electrons. The highest BCUT2D eigenvalue weighted by Gasteiger charge is 2.45. The number of carbonyl (C=O) groups excluding carboxylic acids is 1. The lowest BCUT2D eigenvalue weighted by Gasteiger charge is -2.19. The van der Waals surface area contributed by atoms with Gasteiger partial charge in [-0.05, 0) is 31.6 Å². The first kappa shape index (κ1) is 9.64. The summed E-state index contributed by atoms with van der Waals surface area (Å²) in [5.41, 5.74) is 0. The molecule has 0 aromatic heterocycles. The minimum Gasteiger partial charge on any atom is -0.353 e. The van der Waals surface area contributed by atoms with E-state index < -0.39 is 0 Å². The van der Waals surface area contributed by atoms with Crippen LogP contribution in [-0.4, -0.2) is 24.0 Å². The molecule has 3 heteroatoms. The van der Waals surface area contributed by atoms with E-state index in [9.17, 15) is 4.79 Å². The molecule has 3 aliphatic rings. The van der Waals surface area contributed by atoms with Gasteiger partial charge in [0.1, 0.15) is 0 Å². The van der Waals surface area contributed by atoms with Gasteiger partial charge in [0, 0.05) is 18.1 Å². The highest BCUT2D eigenvalue weighted by Crippen LogP contribution is 2.36. The van der Waals surface area contributed by atoms with Crippen LogP contribution >= 0.6 is 0 Å². The van der Waals surface area contributed by atoms with Gasteiger partial charge < -0.3 is 10.6 Å². The minimum absolute atomic E-state index is 0.266. The summed E-state index contributed by atoms with van der Waals surface area (Å²) in [6.45, 7) is 2.20. The van der Waals surface area contributed by atoms with Crippen LogP contribution in [0.1, 0.15) is 39.0 Å². The first-order chi connectivity index (χ1) is 7.28. The Labute approximate surface area is 91.0 Å². The van der Waals surface area contributed by atoms with Crippen LogP contribution in [0.3, 0.4) is 0 Å². The number of hydrogen-bond donors (Lipinski definition) is 2. The van der Waals surface area contributed by atoms with Gasteiger partial charge in [0.25, 0.3) is 0 Å². The van der Waals surface area contributed by atoms with Crippen molar-refractivity contribution in [3.05, 3.63) is 0 Å². The molecule has 1 amide bonds. The second-order valence-corrected chi connectivity index (χ2v) is 5.41. The summed E-state index contributed by atoms with van der Waals surface area (Å²) in [4.78, 5) is 12.0. The van der Waals surface area contributed by atoms with Gasteiger partial charge in [-0.25, -0.2) is 0 Å². The fourth-order valence-electron chi connectivity index (χ4n) is 3.28. The third kappa shape index (κ3) is 1.67. The molecule has 3 fully saturated rings. The van der Waals surface area contributed by atoms with Gasteiger partial charge in [-0.3, -0.25) is 4.79 Å². The van der Waals surface area contributed by atoms with Crippen LogP contribution in [0.25, 0.3) is 0 Å². The number of nitrogens with one attached hydrogen (secondary N) is 2. The molecule has 0 aromatic carbocycles. The Bertz CT molecular complexity index is 279. The van der Waals surface area contributed by atoms with E-state index in [0.29, 0.717) is 24.0 Å². The van der Waals surface area contributed by atoms with Gasteiger partial charge in [0.15, 0.2) is 0 Å². The van der Waals surface area contributed by atoms with E-state index in [0.717, 1.165) is 12.3 Å². The minimum atomic E-state index is 0.266. The molecule has 15 heavy (non-hydrogen) atoms. The summed E-state index contributed by atoms with van der Waals surface area (Å²) in [5.74, 6) is 1.35. The zero-order valence-electron chi connectivity index (χ0n) is 9.33. The summed E-state index contributed by atoms with van der Waals surface area (Å²) in [6, 6.07) is 1.61. The lowest BCUT2D eigenvalue weighted by atomic mass is 9.88. The molecule has 5 atom stereocenters. The summed E-state index contributed by atoms with van der Waals surface area (Å²) in [6.07, 6.45) is 5.95. The van der Waals surface area contributed by atoms with Crippen molar-refractivity contribution >= 4 is 5.91 Å². The van der Waals surface area contributed by atoms with Crippen LogP contribution in [0.2, 0.25) is 0 Å². The monoisotopic (exact) mass is 208 g/mol. The van der Waals surface area contributed by atoms with Gasteiger partial charge in [0.2, 0.25) is 5.91 Å². The molecule has 0 aromatic rings. The summed E-state index contributed by atoms with van der Waals surface area (Å²) >= 11 is 0. The lowest BCUT2D eigenvalue weighted by Crippen LogP contribution is -2.39. The van der Waals surface area contributed by atoms with Crippen LogP contribution < -0.4 is 10.6 Å². The summed E-state index contributed by atoms with van der Waals surface area (Å²) in [7, 11) is 0. The lowest BCUT2D eigenvalue weighted by molar-refractivity contribution is -0.125. The standard InChI is InChI=1S/C12H20N2O/c1-2-7-5-11(7)14-12(15)9-6-8-3-4-10(9)13-8/h7-11,13H,2-6H2,1H3,(H,14,15). The Morgan fingerprint density at radius 1 is 1.40 bits per heavy atom. The molecule has 2 bridgehead atoms. The second-order valence-electron chi connectivity index (χ2n) is 5.41. The van der Waals surface area contributed by atoms with Crippen LogP contribution in [0, 0.1) is 11.8 Å². The molecule has 3 nitrogen and oxygen atoms in total. The molecular weight excluding hydrogens is 188 g/mol. The van der Waals surface area contributed by atoms with Crippen LogP contribution in [0.5, 0.6) is 0 Å². The van der Waals surface area contributed by atoms with Gasteiger partial charge in [-0.15, -0.1) is 0 Å². The third-order valence-corrected chi connectivity index (χ3v) is 4.41. The zero-order valence-corrected chi connectivity index (χ0v) is 9.33. The van der Waals surface area contributed by atoms with Gasteiger partial charge in [0.05, 0.1) is 5.92 Å². The number of rotatable bonds is 3. The average Bonchev–Trinajstić information content (AvgIpc) is 2.69. The van der Waals surface area contributed by atoms with Crippen LogP contribution in [-0.2, 0) is 4.79 Å². The van der Waals surface area contributed by atoms with Crippen molar-refractivity contribution in [1.29, 1.82) is 0 Å². The predicted molar refractivity (Wildman–Crippen MR) is 58.4 cm³/mol. The van der Waals surface area contributed by atoms with Crippen molar-refractivity contribution in [2.75, 3.05) is 0 Å². The summed E-state index contributed by atoms with van der Waals surface area (Å²) < 4.78 is 0. The van der Waals surface area contributed by atoms with Crippen LogP contribution in [0.15, 0.2) is 0 Å². The van der Waals surface area contributed by atoms with E-state index in [1.165, 1.54) is 25.7 Å². The number of hydrogen-bond acceptors (Lipinski definition) is 2. The first-order valence-electron chi connectivity index (χ1n) is 6.34. The molecule has 5 unspecified atom stereocenters. The summed E-state index contributed by atoms with van der Waals surface area (Å²) in [5, 5.41) is 6.72. The molecule has 0 spiro atoms. The Morgan fingerprint density at radius 3 is 2.80 bits per heavy atom. The topological polar surface area (TPSA) is 41.1 Å². The highest BCUT2D eigenvalue weighted by atomic mass is 16.2. The van der Waals surface area contributed by atoms with Crippen LogP contribution in [0.4, 0.5) is 0 Å². The Balaban J connectivity index is 1.53. The van der Waals surface area contributed by atoms with Crippen molar-refractivity contribution in [1.82, 2.24) is 10.6 Å². The average molecular weight is 208 g/mol. The van der Waals surface area contributed by atoms with E-state index >= 15 is 0 Å². The van der Waals surface area contributed by atoms with Crippen molar-refractivity contribution in [3.8, 4) is 0 Å². The fourth-order valence-corrected chi connectivity index (χ4v) is 3.28. The quantitative estimate of drug-likeness (QED) is 0.727. The first-order valence-corrected chi connectivity index (χ1v) is 6.34. The Hall–Kier alpha value is -0.570. The molecule has 3 rings (SSSR count). The molecular formula is C12H20N2O. The van der Waals surface area contributed by atoms with E-state index in [2.05, 4.69) is 17.6 Å². The highest BCUT2D eigenvalue weighted by molar-refractivity contribution is 5.80. The smallest absolute Gasteiger partial charge is 0.224 e. The maximum Gasteiger partial charge on any atom is 0.224 e. The Kier molecular flexibility index (Phi) is 2.23. The van der Waals surface area contributed by atoms with Crippen molar-refractivity contribution in [2.24, 2.45) is 11.8 Å². The molecule has 2 saturated heterocycles. The largest absolute Gasteiger partial charge is 0.353 e. The van der Waals surface area contributed by atoms with E-state index in [1.807, 2.05) is 0 Å². The van der Waals surface area contributed by atoms with Crippen molar-refractivity contribution in [3.63, 3.8) is 0 Å². The van der Waals surface area contributed by atoms with Gasteiger partial charge in [-0.1, -0.05) is 13.3 Å². The van der Waals surface area contributed by atoms with Crippen molar-refractivity contribution in [2.45, 2.75) is 57.2 Å². The van der Waals surface area contributed by atoms with E-state index in [1.54, 1.807) is 0 Å². The molecule has 2 heterocycles. The van der Waals surface area contributed by atoms with Gasteiger partial charge in [-0.2, -0.15) is 0 Å². The number of amides is 1. The number of carbonyl (C=O) groups is 1. The fraction of sp³-hybridized carbons (Fsp3) is 0.917. The van der Waals surface area contributed by atoms with E-state index in [4.69, 9.17) is 0 Å².